The molecule has 0 aromatic heterocycles. The van der Waals surface area contributed by atoms with Gasteiger partial charge in [0, 0.05) is 16.1 Å². The topological polar surface area (TPSA) is 9.23 Å². The van der Waals surface area contributed by atoms with Gasteiger partial charge in [0.05, 0.1) is 5.88 Å². The first-order chi connectivity index (χ1) is 10.1. The molecule has 0 radical (unpaired) electrons. The molecule has 108 valence electrons. The van der Waals surface area contributed by atoms with Gasteiger partial charge < -0.3 is 4.74 Å². The fourth-order valence-corrected chi connectivity index (χ4v) is 2.11. The predicted molar refractivity (Wildman–Crippen MR) is 84.5 cm³/mol. The zero-order valence-electron chi connectivity index (χ0n) is 11.4. The van der Waals surface area contributed by atoms with Crippen LogP contribution in [0.2, 0.25) is 5.02 Å². The van der Waals surface area contributed by atoms with Gasteiger partial charge in [-0.1, -0.05) is 35.6 Å². The number of ether oxygens (including phenoxy) is 1. The van der Waals surface area contributed by atoms with Crippen molar-refractivity contribution in [2.45, 2.75) is 13.5 Å². The van der Waals surface area contributed by atoms with E-state index in [0.29, 0.717) is 10.6 Å². The summed E-state index contributed by atoms with van der Waals surface area (Å²) in [6, 6.07) is 10.1. The van der Waals surface area contributed by atoms with Crippen LogP contribution in [0.1, 0.15) is 16.7 Å². The molecule has 0 atom stereocenters. The third kappa shape index (κ3) is 4.39. The van der Waals surface area contributed by atoms with Crippen LogP contribution in [0.3, 0.4) is 0 Å². The molecule has 0 spiro atoms. The second-order valence-corrected chi connectivity index (χ2v) is 5.14. The molecule has 0 N–H and O–H groups in total. The highest BCUT2D eigenvalue weighted by Crippen LogP contribution is 2.23. The third-order valence-electron chi connectivity index (χ3n) is 2.82. The summed E-state index contributed by atoms with van der Waals surface area (Å²) in [7, 11) is 0. The van der Waals surface area contributed by atoms with Crippen LogP contribution >= 0.6 is 23.2 Å². The van der Waals surface area contributed by atoms with Crippen LogP contribution in [-0.2, 0) is 6.61 Å². The Balaban J connectivity index is 2.15. The molecule has 0 bridgehead atoms. The lowest BCUT2D eigenvalue weighted by atomic mass is 10.1. The monoisotopic (exact) mass is 322 g/mol. The molecule has 1 nitrogen and oxygen atoms in total. The maximum absolute atomic E-state index is 13.7. The van der Waals surface area contributed by atoms with E-state index < -0.39 is 5.82 Å². The van der Waals surface area contributed by atoms with Gasteiger partial charge in [0.2, 0.25) is 0 Å². The van der Waals surface area contributed by atoms with Crippen molar-refractivity contribution in [3.05, 3.63) is 63.9 Å². The number of hydrogen-bond acceptors (Lipinski definition) is 1. The van der Waals surface area contributed by atoms with Crippen LogP contribution in [0.15, 0.2) is 36.4 Å². The first kappa shape index (κ1) is 15.7. The first-order valence-electron chi connectivity index (χ1n) is 6.32. The number of alkyl halides is 1. The van der Waals surface area contributed by atoms with Gasteiger partial charge in [0.25, 0.3) is 0 Å². The van der Waals surface area contributed by atoms with Crippen molar-refractivity contribution in [3.63, 3.8) is 0 Å². The summed E-state index contributed by atoms with van der Waals surface area (Å²) in [6.45, 7) is 2.15. The van der Waals surface area contributed by atoms with E-state index in [-0.39, 0.29) is 18.2 Å². The van der Waals surface area contributed by atoms with E-state index in [4.69, 9.17) is 27.9 Å². The Labute approximate surface area is 133 Å². The molecule has 2 aromatic carbocycles. The summed E-state index contributed by atoms with van der Waals surface area (Å²) in [5.74, 6) is 5.48. The lowest BCUT2D eigenvalue weighted by Crippen LogP contribution is -1.99. The molecule has 0 aliphatic rings. The Kier molecular flexibility index (Phi) is 5.50. The largest absolute Gasteiger partial charge is 0.486 e. The average Bonchev–Trinajstić information content (AvgIpc) is 2.46. The van der Waals surface area contributed by atoms with E-state index in [1.54, 1.807) is 12.1 Å². The highest BCUT2D eigenvalue weighted by Gasteiger charge is 2.06. The Bertz CT molecular complexity index is 702. The predicted octanol–water partition coefficient (Wildman–Crippen LogP) is 4.96. The van der Waals surface area contributed by atoms with Gasteiger partial charge in [-0.3, -0.25) is 0 Å². The summed E-state index contributed by atoms with van der Waals surface area (Å²) in [5.41, 5.74) is 2.52. The molecular weight excluding hydrogens is 310 g/mol. The van der Waals surface area contributed by atoms with Crippen molar-refractivity contribution in [3.8, 4) is 17.6 Å². The van der Waals surface area contributed by atoms with Crippen molar-refractivity contribution < 1.29 is 9.13 Å². The van der Waals surface area contributed by atoms with E-state index in [2.05, 4.69) is 11.8 Å². The van der Waals surface area contributed by atoms with Crippen molar-refractivity contribution in [2.24, 2.45) is 0 Å². The van der Waals surface area contributed by atoms with Crippen LogP contribution in [0.5, 0.6) is 5.75 Å². The maximum atomic E-state index is 13.7. The van der Waals surface area contributed by atoms with Crippen LogP contribution < -0.4 is 4.74 Å². The molecule has 0 fully saturated rings. The zero-order valence-corrected chi connectivity index (χ0v) is 12.9. The molecule has 0 aliphatic carbocycles. The van der Waals surface area contributed by atoms with Gasteiger partial charge in [0.1, 0.15) is 6.61 Å². The van der Waals surface area contributed by atoms with Crippen molar-refractivity contribution in [2.75, 3.05) is 5.88 Å². The second kappa shape index (κ2) is 7.36. The van der Waals surface area contributed by atoms with Crippen LogP contribution in [0.4, 0.5) is 4.39 Å². The minimum atomic E-state index is -0.436. The highest BCUT2D eigenvalue weighted by molar-refractivity contribution is 6.31. The smallest absolute Gasteiger partial charge is 0.165 e. The summed E-state index contributed by atoms with van der Waals surface area (Å²) < 4.78 is 19.2. The van der Waals surface area contributed by atoms with Gasteiger partial charge in [-0.05, 0) is 36.8 Å². The van der Waals surface area contributed by atoms with E-state index in [9.17, 15) is 4.39 Å². The summed E-state index contributed by atoms with van der Waals surface area (Å²) in [6.07, 6.45) is 0. The quantitative estimate of drug-likeness (QED) is 0.573. The second-order valence-electron chi connectivity index (χ2n) is 4.46. The molecule has 2 aromatic rings. The summed E-state index contributed by atoms with van der Waals surface area (Å²) >= 11 is 11.6. The number of rotatable bonds is 3. The lowest BCUT2D eigenvalue weighted by Gasteiger charge is -2.09. The van der Waals surface area contributed by atoms with Crippen molar-refractivity contribution in [1.82, 2.24) is 0 Å². The van der Waals surface area contributed by atoms with Crippen molar-refractivity contribution >= 4 is 23.2 Å². The number of halogens is 3. The van der Waals surface area contributed by atoms with Gasteiger partial charge in [-0.2, -0.15) is 0 Å². The molecule has 0 saturated carbocycles. The third-order valence-corrected chi connectivity index (χ3v) is 3.31. The van der Waals surface area contributed by atoms with Crippen LogP contribution in [-0.4, -0.2) is 5.88 Å². The zero-order chi connectivity index (χ0) is 15.2. The summed E-state index contributed by atoms with van der Waals surface area (Å²) in [5, 5.41) is 0.605. The fraction of sp³-hybridized carbons (Fsp3) is 0.176. The molecule has 0 unspecified atom stereocenters. The highest BCUT2D eigenvalue weighted by atomic mass is 35.5. The van der Waals surface area contributed by atoms with E-state index in [1.165, 1.54) is 6.07 Å². The number of aryl methyl sites for hydroxylation is 1. The fourth-order valence-electron chi connectivity index (χ4n) is 1.75. The Morgan fingerprint density at radius 2 is 2.00 bits per heavy atom. The SMILES string of the molecule is Cc1ccc(COc2cc(C#CCCl)ccc2F)c(Cl)c1. The number of hydrogen-bond donors (Lipinski definition) is 0. The molecule has 0 heterocycles. The van der Waals surface area contributed by atoms with Crippen LogP contribution in [0.25, 0.3) is 0 Å². The Morgan fingerprint density at radius 3 is 2.71 bits per heavy atom. The normalized spacial score (nSPS) is 9.90. The van der Waals surface area contributed by atoms with E-state index in [1.807, 2.05) is 25.1 Å². The standard InChI is InChI=1S/C17H13Cl2FO/c1-12-4-6-14(15(19)9-12)11-21-17-10-13(3-2-8-18)5-7-16(17)20/h4-7,9-10H,8,11H2,1H3. The van der Waals surface area contributed by atoms with E-state index in [0.717, 1.165) is 11.1 Å². The molecule has 0 saturated heterocycles. The van der Waals surface area contributed by atoms with Crippen molar-refractivity contribution in [1.29, 1.82) is 0 Å². The van der Waals surface area contributed by atoms with Gasteiger partial charge in [-0.25, -0.2) is 4.39 Å². The van der Waals surface area contributed by atoms with Gasteiger partial charge in [0.15, 0.2) is 11.6 Å². The lowest BCUT2D eigenvalue weighted by molar-refractivity contribution is 0.290. The molecule has 0 aliphatic heterocycles. The Hall–Kier alpha value is -1.69. The van der Waals surface area contributed by atoms with Gasteiger partial charge in [-0.15, -0.1) is 11.6 Å². The average molecular weight is 323 g/mol. The van der Waals surface area contributed by atoms with E-state index >= 15 is 0 Å². The maximum Gasteiger partial charge on any atom is 0.165 e. The Morgan fingerprint density at radius 1 is 1.19 bits per heavy atom. The molecule has 4 heteroatoms. The summed E-state index contributed by atoms with van der Waals surface area (Å²) in [4.78, 5) is 0. The molecule has 0 amide bonds. The van der Waals surface area contributed by atoms with Crippen LogP contribution in [0, 0.1) is 24.6 Å². The molecular formula is C17H13Cl2FO. The minimum absolute atomic E-state index is 0.146. The minimum Gasteiger partial charge on any atom is -0.486 e. The molecule has 21 heavy (non-hydrogen) atoms. The first-order valence-corrected chi connectivity index (χ1v) is 7.23. The number of benzene rings is 2. The van der Waals surface area contributed by atoms with Gasteiger partial charge >= 0.3 is 0 Å². The molecule has 2 rings (SSSR count).